The van der Waals surface area contributed by atoms with Crippen LogP contribution < -0.4 is 0 Å². The summed E-state index contributed by atoms with van der Waals surface area (Å²) in [6, 6.07) is 8.38. The number of nitrogens with zero attached hydrogens (tertiary/aromatic N) is 1. The predicted octanol–water partition coefficient (Wildman–Crippen LogP) is 4.89. The van der Waals surface area contributed by atoms with Crippen LogP contribution in [-0.2, 0) is 0 Å². The fourth-order valence-electron chi connectivity index (χ4n) is 1.63. The second-order valence-electron chi connectivity index (χ2n) is 3.78. The molecule has 0 aliphatic heterocycles. The van der Waals surface area contributed by atoms with Gasteiger partial charge >= 0.3 is 0 Å². The highest BCUT2D eigenvalue weighted by Gasteiger charge is 2.05. The Bertz CT molecular complexity index is 535. The molecule has 0 atom stereocenters. The maximum absolute atomic E-state index is 4.46. The smallest absolute Gasteiger partial charge is 0.0732 e. The molecule has 0 bridgehead atoms. The fourth-order valence-corrected chi connectivity index (χ4v) is 2.33. The largest absolute Gasteiger partial charge is 0.255 e. The van der Waals surface area contributed by atoms with Crippen LogP contribution in [0, 0.1) is 13.8 Å². The number of aromatic nitrogens is 1. The van der Waals surface area contributed by atoms with Crippen molar-refractivity contribution in [3.8, 4) is 11.3 Å². The summed E-state index contributed by atoms with van der Waals surface area (Å²) < 4.78 is 2.15. The average Bonchev–Trinajstić information content (AvgIpc) is 2.22. The van der Waals surface area contributed by atoms with E-state index in [9.17, 15) is 0 Å². The molecule has 1 heterocycles. The fraction of sp³-hybridized carbons (Fsp3) is 0.154. The maximum Gasteiger partial charge on any atom is 0.0732 e. The molecule has 2 rings (SSSR count). The molecule has 0 saturated heterocycles. The highest BCUT2D eigenvalue weighted by molar-refractivity contribution is 9.10. The summed E-state index contributed by atoms with van der Waals surface area (Å²) in [4.78, 5) is 4.46. The van der Waals surface area contributed by atoms with E-state index in [1.807, 2.05) is 6.20 Å². The highest BCUT2D eigenvalue weighted by atomic mass is 79.9. The average molecular weight is 341 g/mol. The van der Waals surface area contributed by atoms with E-state index in [1.54, 1.807) is 0 Å². The Morgan fingerprint density at radius 3 is 2.38 bits per heavy atom. The van der Waals surface area contributed by atoms with Crippen LogP contribution in [0.4, 0.5) is 0 Å². The summed E-state index contributed by atoms with van der Waals surface area (Å²) >= 11 is 6.93. The summed E-state index contributed by atoms with van der Waals surface area (Å²) in [5.74, 6) is 0. The molecule has 1 aromatic heterocycles. The Balaban J connectivity index is 2.54. The van der Waals surface area contributed by atoms with E-state index in [0.29, 0.717) is 0 Å². The first-order chi connectivity index (χ1) is 7.58. The minimum Gasteiger partial charge on any atom is -0.255 e. The first-order valence-corrected chi connectivity index (χ1v) is 6.55. The third-order valence-electron chi connectivity index (χ3n) is 2.48. The van der Waals surface area contributed by atoms with Crippen molar-refractivity contribution in [2.45, 2.75) is 13.8 Å². The van der Waals surface area contributed by atoms with Gasteiger partial charge in [0, 0.05) is 20.7 Å². The summed E-state index contributed by atoms with van der Waals surface area (Å²) in [6.07, 6.45) is 1.83. The van der Waals surface area contributed by atoms with Gasteiger partial charge in [0.25, 0.3) is 0 Å². The second-order valence-corrected chi connectivity index (χ2v) is 5.55. The van der Waals surface area contributed by atoms with Crippen LogP contribution in [0.5, 0.6) is 0 Å². The summed E-state index contributed by atoms with van der Waals surface area (Å²) in [7, 11) is 0. The molecular formula is C13H11Br2N. The van der Waals surface area contributed by atoms with Crippen LogP contribution in [0.1, 0.15) is 11.1 Å². The monoisotopic (exact) mass is 339 g/mol. The topological polar surface area (TPSA) is 12.9 Å². The third-order valence-corrected chi connectivity index (χ3v) is 3.80. The van der Waals surface area contributed by atoms with Crippen molar-refractivity contribution >= 4 is 31.9 Å². The molecule has 0 radical (unpaired) electrons. The summed E-state index contributed by atoms with van der Waals surface area (Å²) in [5, 5.41) is 0. The zero-order valence-corrected chi connectivity index (χ0v) is 12.3. The number of hydrogen-bond acceptors (Lipinski definition) is 1. The SMILES string of the molecule is Cc1cc(-c2ncc(Br)cc2C)ccc1Br. The molecule has 0 aliphatic rings. The molecule has 0 amide bonds. The molecular weight excluding hydrogens is 330 g/mol. The van der Waals surface area contributed by atoms with Gasteiger partial charge in [0.1, 0.15) is 0 Å². The van der Waals surface area contributed by atoms with E-state index >= 15 is 0 Å². The Hall–Kier alpha value is -0.670. The van der Waals surface area contributed by atoms with Gasteiger partial charge in [0.15, 0.2) is 0 Å². The summed E-state index contributed by atoms with van der Waals surface area (Å²) in [6.45, 7) is 4.16. The van der Waals surface area contributed by atoms with Crippen molar-refractivity contribution in [3.05, 3.63) is 50.5 Å². The minimum absolute atomic E-state index is 1.02. The molecule has 0 fully saturated rings. The van der Waals surface area contributed by atoms with Crippen molar-refractivity contribution in [2.24, 2.45) is 0 Å². The van der Waals surface area contributed by atoms with Crippen molar-refractivity contribution in [1.82, 2.24) is 4.98 Å². The van der Waals surface area contributed by atoms with Gasteiger partial charge in [-0.05, 0) is 59.1 Å². The highest BCUT2D eigenvalue weighted by Crippen LogP contribution is 2.27. The molecule has 3 heteroatoms. The van der Waals surface area contributed by atoms with Gasteiger partial charge in [-0.2, -0.15) is 0 Å². The molecule has 0 saturated carbocycles. The summed E-state index contributed by atoms with van der Waals surface area (Å²) in [5.41, 5.74) is 4.60. The van der Waals surface area contributed by atoms with Crippen LogP contribution in [0.2, 0.25) is 0 Å². The third kappa shape index (κ3) is 2.36. The van der Waals surface area contributed by atoms with E-state index in [2.05, 4.69) is 75.0 Å². The Labute approximate surface area is 112 Å². The number of halogens is 2. The number of hydrogen-bond donors (Lipinski definition) is 0. The van der Waals surface area contributed by atoms with Crippen molar-refractivity contribution in [2.75, 3.05) is 0 Å². The number of rotatable bonds is 1. The van der Waals surface area contributed by atoms with Crippen LogP contribution >= 0.6 is 31.9 Å². The number of benzene rings is 1. The maximum atomic E-state index is 4.46. The Kier molecular flexibility index (Phi) is 3.45. The lowest BCUT2D eigenvalue weighted by Gasteiger charge is -2.07. The second kappa shape index (κ2) is 4.68. The van der Waals surface area contributed by atoms with E-state index in [0.717, 1.165) is 20.2 Å². The molecule has 0 unspecified atom stereocenters. The Morgan fingerprint density at radius 1 is 1.00 bits per heavy atom. The normalized spacial score (nSPS) is 10.5. The van der Waals surface area contributed by atoms with Crippen molar-refractivity contribution < 1.29 is 0 Å². The van der Waals surface area contributed by atoms with Gasteiger partial charge in [0.05, 0.1) is 5.69 Å². The van der Waals surface area contributed by atoms with Crippen molar-refractivity contribution in [3.63, 3.8) is 0 Å². The molecule has 1 aromatic carbocycles. The van der Waals surface area contributed by atoms with E-state index in [1.165, 1.54) is 11.1 Å². The van der Waals surface area contributed by atoms with Gasteiger partial charge in [-0.1, -0.05) is 22.0 Å². The van der Waals surface area contributed by atoms with Crippen LogP contribution in [0.25, 0.3) is 11.3 Å². The molecule has 16 heavy (non-hydrogen) atoms. The lowest BCUT2D eigenvalue weighted by molar-refractivity contribution is 1.25. The molecule has 0 spiro atoms. The van der Waals surface area contributed by atoms with Crippen LogP contribution in [-0.4, -0.2) is 4.98 Å². The predicted molar refractivity (Wildman–Crippen MR) is 74.5 cm³/mol. The van der Waals surface area contributed by atoms with Gasteiger partial charge < -0.3 is 0 Å². The van der Waals surface area contributed by atoms with Gasteiger partial charge in [-0.25, -0.2) is 0 Å². The lowest BCUT2D eigenvalue weighted by Crippen LogP contribution is -1.89. The molecule has 82 valence electrons. The van der Waals surface area contributed by atoms with Crippen LogP contribution in [0.3, 0.4) is 0 Å². The van der Waals surface area contributed by atoms with Gasteiger partial charge in [-0.15, -0.1) is 0 Å². The number of pyridine rings is 1. The van der Waals surface area contributed by atoms with E-state index in [4.69, 9.17) is 0 Å². The van der Waals surface area contributed by atoms with Crippen LogP contribution in [0.15, 0.2) is 39.4 Å². The zero-order valence-electron chi connectivity index (χ0n) is 9.09. The first kappa shape index (κ1) is 11.8. The molecule has 0 aliphatic carbocycles. The standard InChI is InChI=1S/C13H11Br2N/c1-8-5-10(3-4-12(8)15)13-9(2)6-11(14)7-16-13/h3-7H,1-2H3. The van der Waals surface area contributed by atoms with E-state index < -0.39 is 0 Å². The first-order valence-electron chi connectivity index (χ1n) is 4.96. The molecule has 2 aromatic rings. The van der Waals surface area contributed by atoms with Gasteiger partial charge in [0.2, 0.25) is 0 Å². The quantitative estimate of drug-likeness (QED) is 0.720. The number of aryl methyl sites for hydroxylation is 2. The van der Waals surface area contributed by atoms with E-state index in [-0.39, 0.29) is 0 Å². The molecule has 0 N–H and O–H groups in total. The van der Waals surface area contributed by atoms with Crippen molar-refractivity contribution in [1.29, 1.82) is 0 Å². The minimum atomic E-state index is 1.02. The Morgan fingerprint density at radius 2 is 1.75 bits per heavy atom. The molecule has 1 nitrogen and oxygen atoms in total. The lowest BCUT2D eigenvalue weighted by atomic mass is 10.0. The van der Waals surface area contributed by atoms with Gasteiger partial charge in [-0.3, -0.25) is 4.98 Å². The zero-order chi connectivity index (χ0) is 11.7.